The van der Waals surface area contributed by atoms with Crippen LogP contribution in [0.4, 0.5) is 0 Å². The third-order valence-electron chi connectivity index (χ3n) is 1.16. The van der Waals surface area contributed by atoms with Gasteiger partial charge in [-0.1, -0.05) is 0 Å². The summed E-state index contributed by atoms with van der Waals surface area (Å²) in [5.74, 6) is -3.33. The highest BCUT2D eigenvalue weighted by Crippen LogP contribution is 2.13. The molecule has 0 aliphatic carbocycles. The van der Waals surface area contributed by atoms with Gasteiger partial charge in [-0.15, -0.1) is 0 Å². The second kappa shape index (κ2) is 7.65. The van der Waals surface area contributed by atoms with E-state index in [1.165, 1.54) is 0 Å². The van der Waals surface area contributed by atoms with Crippen LogP contribution in [0.25, 0.3) is 0 Å². The van der Waals surface area contributed by atoms with E-state index in [9.17, 15) is 19.2 Å². The molecule has 0 saturated carbocycles. The Kier molecular flexibility index (Phi) is 6.96. The molecule has 0 heterocycles. The summed E-state index contributed by atoms with van der Waals surface area (Å²) >= 11 is 0. The van der Waals surface area contributed by atoms with Gasteiger partial charge >= 0.3 is 19.1 Å². The Hall–Kier alpha value is -1.73. The van der Waals surface area contributed by atoms with E-state index in [0.717, 1.165) is 27.7 Å². The van der Waals surface area contributed by atoms with Crippen molar-refractivity contribution in [2.75, 3.05) is 0 Å². The lowest BCUT2D eigenvalue weighted by atomic mass is 10.9. The zero-order valence-corrected chi connectivity index (χ0v) is 12.7. The molecule has 0 aromatic carbocycles. The van der Waals surface area contributed by atoms with Gasteiger partial charge < -0.3 is 21.8 Å². The summed E-state index contributed by atoms with van der Waals surface area (Å²) < 4.78 is 23.3. The lowest BCUT2D eigenvalue weighted by Crippen LogP contribution is -2.53. The minimum Gasteiger partial charge on any atom is -0.491 e. The molecule has 0 N–H and O–H groups in total. The van der Waals surface area contributed by atoms with E-state index in [-0.39, 0.29) is 0 Å². The zero-order chi connectivity index (χ0) is 15.1. The third kappa shape index (κ3) is 8.07. The first-order valence-corrected chi connectivity index (χ1v) is 7.31. The Morgan fingerprint density at radius 2 is 1.11 bits per heavy atom. The maximum absolute atomic E-state index is 11.0. The first-order valence-electron chi connectivity index (χ1n) is 4.86. The Morgan fingerprint density at radius 3 is 1.37 bits per heavy atom. The molecule has 0 aliphatic rings. The van der Waals surface area contributed by atoms with Crippen LogP contribution in [-0.2, 0) is 41.0 Å². The van der Waals surface area contributed by atoms with Gasteiger partial charge in [0, 0.05) is 27.7 Å². The number of hydrogen-bond acceptors (Lipinski definition) is 9. The van der Waals surface area contributed by atoms with Crippen LogP contribution in [0.1, 0.15) is 27.7 Å². The molecule has 0 fully saturated rings. The average Bonchev–Trinajstić information content (AvgIpc) is 2.12. The van der Waals surface area contributed by atoms with Crippen molar-refractivity contribution in [3.05, 3.63) is 0 Å². The van der Waals surface area contributed by atoms with Crippen LogP contribution in [0.2, 0.25) is 0 Å². The summed E-state index contributed by atoms with van der Waals surface area (Å²) in [6, 6.07) is 0. The monoisotopic (exact) mass is 308 g/mol. The first-order chi connectivity index (χ1) is 8.67. The molecule has 11 heteroatoms. The molecule has 106 valence electrons. The van der Waals surface area contributed by atoms with Gasteiger partial charge in [0.15, 0.2) is 0 Å². The first kappa shape index (κ1) is 17.3. The van der Waals surface area contributed by atoms with Gasteiger partial charge in [0.2, 0.25) is 0 Å². The van der Waals surface area contributed by atoms with Crippen LogP contribution in [-0.4, -0.2) is 42.9 Å². The van der Waals surface area contributed by atoms with Crippen molar-refractivity contribution < 1.29 is 41.0 Å². The summed E-state index contributed by atoms with van der Waals surface area (Å²) in [4.78, 5) is 43.5. The fourth-order valence-electron chi connectivity index (χ4n) is 0.784. The molecule has 0 aliphatic heterocycles. The second-order valence-corrected chi connectivity index (χ2v) is 5.86. The number of carbonyl (C=O) groups excluding carboxylic acids is 4. The van der Waals surface area contributed by atoms with Crippen molar-refractivity contribution in [2.24, 2.45) is 0 Å². The van der Waals surface area contributed by atoms with E-state index < -0.39 is 42.9 Å². The van der Waals surface area contributed by atoms with Crippen molar-refractivity contribution in [1.29, 1.82) is 0 Å². The molecule has 0 aromatic heterocycles. The minimum absolute atomic E-state index is 0.672. The van der Waals surface area contributed by atoms with Crippen molar-refractivity contribution >= 4 is 42.9 Å². The van der Waals surface area contributed by atoms with Crippen molar-refractivity contribution in [3.8, 4) is 0 Å². The van der Waals surface area contributed by atoms with Crippen LogP contribution in [0.5, 0.6) is 0 Å². The van der Waals surface area contributed by atoms with Gasteiger partial charge in [0.05, 0.1) is 0 Å². The van der Waals surface area contributed by atoms with E-state index in [2.05, 4.69) is 17.7 Å². The Balaban J connectivity index is 4.97. The van der Waals surface area contributed by atoms with Crippen molar-refractivity contribution in [3.63, 3.8) is 0 Å². The fraction of sp³-hybridized carbons (Fsp3) is 0.500. The molecule has 19 heavy (non-hydrogen) atoms. The Labute approximate surface area is 112 Å². The summed E-state index contributed by atoms with van der Waals surface area (Å²) in [5, 5.41) is 0. The molecular formula is C8H12O9Si2. The Morgan fingerprint density at radius 1 is 0.737 bits per heavy atom. The number of hydrogen-bond donors (Lipinski definition) is 0. The van der Waals surface area contributed by atoms with Gasteiger partial charge in [-0.3, -0.25) is 19.2 Å². The van der Waals surface area contributed by atoms with E-state index in [1.807, 2.05) is 0 Å². The predicted molar refractivity (Wildman–Crippen MR) is 59.7 cm³/mol. The summed E-state index contributed by atoms with van der Waals surface area (Å²) in [5.41, 5.74) is 0. The van der Waals surface area contributed by atoms with Gasteiger partial charge in [-0.25, -0.2) is 0 Å². The number of carbonyl (C=O) groups is 4. The molecule has 0 atom stereocenters. The number of rotatable bonds is 6. The highest BCUT2D eigenvalue weighted by Gasteiger charge is 2.58. The van der Waals surface area contributed by atoms with E-state index in [1.54, 1.807) is 0 Å². The molecule has 0 spiro atoms. The highest BCUT2D eigenvalue weighted by molar-refractivity contribution is 6.63. The van der Waals surface area contributed by atoms with E-state index in [0.29, 0.717) is 0 Å². The van der Waals surface area contributed by atoms with Gasteiger partial charge in [-0.2, -0.15) is 0 Å². The Bertz CT molecular complexity index is 340. The van der Waals surface area contributed by atoms with Crippen LogP contribution in [0, 0.1) is 0 Å². The maximum Gasteiger partial charge on any atom is 0.890 e. The normalized spacial score (nSPS) is 10.3. The van der Waals surface area contributed by atoms with Crippen LogP contribution >= 0.6 is 0 Å². The highest BCUT2D eigenvalue weighted by atomic mass is 28.4. The smallest absolute Gasteiger partial charge is 0.491 e. The molecule has 9 nitrogen and oxygen atoms in total. The molecule has 0 rings (SSSR count). The van der Waals surface area contributed by atoms with Gasteiger partial charge in [0.1, 0.15) is 0 Å². The largest absolute Gasteiger partial charge is 0.890 e. The van der Waals surface area contributed by atoms with Crippen molar-refractivity contribution in [1.82, 2.24) is 0 Å². The summed E-state index contributed by atoms with van der Waals surface area (Å²) in [7, 11) is -5.32. The molecule has 0 unspecified atom stereocenters. The van der Waals surface area contributed by atoms with Crippen LogP contribution < -0.4 is 0 Å². The quantitative estimate of drug-likeness (QED) is 0.583. The van der Waals surface area contributed by atoms with Crippen LogP contribution in [0.3, 0.4) is 0 Å². The standard InChI is InChI=1S/C8H12O9Si2/c1-5(9)13-18-17-19(14-6(2)10,15-7(3)11)16-8(4)12/h1-4H3. The molecule has 0 bridgehead atoms. The van der Waals surface area contributed by atoms with Gasteiger partial charge in [0.25, 0.3) is 23.9 Å². The van der Waals surface area contributed by atoms with Gasteiger partial charge in [-0.05, 0) is 0 Å². The SMILES string of the molecule is CC(=O)O[Si]O[Si](OC(C)=O)(OC(C)=O)OC(C)=O. The zero-order valence-electron chi connectivity index (χ0n) is 10.7. The molecule has 0 amide bonds. The van der Waals surface area contributed by atoms with Crippen LogP contribution in [0.15, 0.2) is 0 Å². The second-order valence-electron chi connectivity index (χ2n) is 3.06. The summed E-state index contributed by atoms with van der Waals surface area (Å²) in [6.07, 6.45) is 0. The maximum atomic E-state index is 11.0. The molecular weight excluding hydrogens is 296 g/mol. The predicted octanol–water partition coefficient (Wildman–Crippen LogP) is -0.775. The lowest BCUT2D eigenvalue weighted by Gasteiger charge is -2.23. The molecule has 2 radical (unpaired) electrons. The average molecular weight is 308 g/mol. The van der Waals surface area contributed by atoms with E-state index >= 15 is 0 Å². The lowest BCUT2D eigenvalue weighted by molar-refractivity contribution is -0.153. The third-order valence-corrected chi connectivity index (χ3v) is 4.47. The topological polar surface area (TPSA) is 114 Å². The van der Waals surface area contributed by atoms with Crippen molar-refractivity contribution in [2.45, 2.75) is 27.7 Å². The molecule has 0 aromatic rings. The fourth-order valence-corrected chi connectivity index (χ4v) is 3.16. The minimum atomic E-state index is -4.37. The summed E-state index contributed by atoms with van der Waals surface area (Å²) in [6.45, 7) is 4.14. The molecule has 0 saturated heterocycles. The van der Waals surface area contributed by atoms with E-state index in [4.69, 9.17) is 4.12 Å².